The Kier molecular flexibility index (Phi) is 3.06. The summed E-state index contributed by atoms with van der Waals surface area (Å²) >= 11 is 0. The van der Waals surface area contributed by atoms with Gasteiger partial charge in [0.1, 0.15) is 5.82 Å². The number of H-pyrrole nitrogens is 1. The fraction of sp³-hybridized carbons (Fsp3) is 0.556. The van der Waals surface area contributed by atoms with Crippen LogP contribution in [0.1, 0.15) is 38.8 Å². The Morgan fingerprint density at radius 3 is 2.85 bits per heavy atom. The average Bonchev–Trinajstić information content (AvgIpc) is 2.52. The van der Waals surface area contributed by atoms with Crippen molar-refractivity contribution in [3.63, 3.8) is 0 Å². The standard InChI is InChI=1S/C9H15N3O/c1-4-9(13)10-8-5-7(6(2)3)11-12-8/h5-6H,4H2,1-3H3,(H2,10,11,12,13). The second-order valence-corrected chi connectivity index (χ2v) is 3.26. The molecule has 0 atom stereocenters. The first-order valence-electron chi connectivity index (χ1n) is 4.48. The number of rotatable bonds is 3. The number of aromatic amines is 1. The van der Waals surface area contributed by atoms with Gasteiger partial charge < -0.3 is 5.32 Å². The van der Waals surface area contributed by atoms with E-state index in [0.717, 1.165) is 5.69 Å². The number of carbonyl (C=O) groups is 1. The van der Waals surface area contributed by atoms with Crippen LogP contribution in [0.3, 0.4) is 0 Å². The van der Waals surface area contributed by atoms with Crippen molar-refractivity contribution in [3.8, 4) is 0 Å². The SMILES string of the molecule is CCC(=O)Nc1cc(C(C)C)n[nH]1. The van der Waals surface area contributed by atoms with E-state index in [1.54, 1.807) is 0 Å². The average molecular weight is 181 g/mol. The number of amides is 1. The second kappa shape index (κ2) is 4.07. The molecule has 0 aliphatic heterocycles. The summed E-state index contributed by atoms with van der Waals surface area (Å²) in [4.78, 5) is 11.0. The van der Waals surface area contributed by atoms with Gasteiger partial charge in [-0.15, -0.1) is 0 Å². The van der Waals surface area contributed by atoms with Crippen LogP contribution in [0.25, 0.3) is 0 Å². The van der Waals surface area contributed by atoms with Gasteiger partial charge in [-0.3, -0.25) is 9.89 Å². The molecule has 0 aliphatic carbocycles. The van der Waals surface area contributed by atoms with Crippen molar-refractivity contribution in [1.29, 1.82) is 0 Å². The number of nitrogens with one attached hydrogen (secondary N) is 2. The Morgan fingerprint density at radius 1 is 1.69 bits per heavy atom. The molecule has 4 heteroatoms. The van der Waals surface area contributed by atoms with Crippen LogP contribution >= 0.6 is 0 Å². The van der Waals surface area contributed by atoms with Crippen molar-refractivity contribution in [2.75, 3.05) is 5.32 Å². The topological polar surface area (TPSA) is 57.8 Å². The maximum absolute atomic E-state index is 11.0. The zero-order valence-electron chi connectivity index (χ0n) is 8.22. The van der Waals surface area contributed by atoms with Gasteiger partial charge in [-0.05, 0) is 5.92 Å². The highest BCUT2D eigenvalue weighted by molar-refractivity contribution is 5.89. The zero-order chi connectivity index (χ0) is 9.84. The first-order valence-corrected chi connectivity index (χ1v) is 4.48. The van der Waals surface area contributed by atoms with Gasteiger partial charge in [0, 0.05) is 12.5 Å². The lowest BCUT2D eigenvalue weighted by atomic mass is 10.1. The molecule has 0 bridgehead atoms. The first kappa shape index (κ1) is 9.77. The third-order valence-corrected chi connectivity index (χ3v) is 1.78. The summed E-state index contributed by atoms with van der Waals surface area (Å²) in [5.41, 5.74) is 0.964. The van der Waals surface area contributed by atoms with Crippen molar-refractivity contribution < 1.29 is 4.79 Å². The molecule has 0 aliphatic rings. The van der Waals surface area contributed by atoms with Crippen LogP contribution in [0.4, 0.5) is 5.82 Å². The Balaban J connectivity index is 2.64. The van der Waals surface area contributed by atoms with Crippen LogP contribution in [0.15, 0.2) is 6.07 Å². The zero-order valence-corrected chi connectivity index (χ0v) is 8.22. The summed E-state index contributed by atoms with van der Waals surface area (Å²) in [5, 5.41) is 9.54. The molecular weight excluding hydrogens is 166 g/mol. The summed E-state index contributed by atoms with van der Waals surface area (Å²) < 4.78 is 0. The largest absolute Gasteiger partial charge is 0.311 e. The molecule has 0 radical (unpaired) electrons. The maximum atomic E-state index is 11.0. The summed E-state index contributed by atoms with van der Waals surface area (Å²) in [6, 6.07) is 1.86. The fourth-order valence-electron chi connectivity index (χ4n) is 0.936. The third kappa shape index (κ3) is 2.57. The maximum Gasteiger partial charge on any atom is 0.225 e. The first-order chi connectivity index (χ1) is 6.13. The van der Waals surface area contributed by atoms with Gasteiger partial charge in [0.05, 0.1) is 5.69 Å². The van der Waals surface area contributed by atoms with Crippen molar-refractivity contribution in [1.82, 2.24) is 10.2 Å². The van der Waals surface area contributed by atoms with E-state index in [2.05, 4.69) is 29.4 Å². The fourth-order valence-corrected chi connectivity index (χ4v) is 0.936. The highest BCUT2D eigenvalue weighted by atomic mass is 16.1. The van der Waals surface area contributed by atoms with Gasteiger partial charge in [0.25, 0.3) is 0 Å². The number of aromatic nitrogens is 2. The predicted molar refractivity (Wildman–Crippen MR) is 51.6 cm³/mol. The molecule has 1 heterocycles. The van der Waals surface area contributed by atoms with E-state index in [0.29, 0.717) is 18.2 Å². The van der Waals surface area contributed by atoms with Crippen molar-refractivity contribution >= 4 is 11.7 Å². The Hall–Kier alpha value is -1.32. The van der Waals surface area contributed by atoms with E-state index in [1.807, 2.05) is 13.0 Å². The lowest BCUT2D eigenvalue weighted by Gasteiger charge is -1.97. The van der Waals surface area contributed by atoms with Crippen molar-refractivity contribution in [2.45, 2.75) is 33.1 Å². The Bertz CT molecular complexity index is 291. The lowest BCUT2D eigenvalue weighted by molar-refractivity contribution is -0.115. The van der Waals surface area contributed by atoms with E-state index in [4.69, 9.17) is 0 Å². The minimum absolute atomic E-state index is 0.000967. The van der Waals surface area contributed by atoms with Gasteiger partial charge in [-0.1, -0.05) is 20.8 Å². The number of nitrogens with zero attached hydrogens (tertiary/aromatic N) is 1. The van der Waals surface area contributed by atoms with E-state index >= 15 is 0 Å². The number of anilines is 1. The third-order valence-electron chi connectivity index (χ3n) is 1.78. The van der Waals surface area contributed by atoms with E-state index in [9.17, 15) is 4.79 Å². The van der Waals surface area contributed by atoms with Crippen LogP contribution in [0.2, 0.25) is 0 Å². The number of hydrogen-bond acceptors (Lipinski definition) is 2. The molecule has 0 unspecified atom stereocenters. The molecular formula is C9H15N3O. The molecule has 0 aromatic carbocycles. The summed E-state index contributed by atoms with van der Waals surface area (Å²) in [5.74, 6) is 1.05. The molecule has 0 spiro atoms. The Labute approximate surface area is 77.7 Å². The van der Waals surface area contributed by atoms with Gasteiger partial charge in [0.2, 0.25) is 5.91 Å². The highest BCUT2D eigenvalue weighted by Gasteiger charge is 2.05. The molecule has 4 nitrogen and oxygen atoms in total. The van der Waals surface area contributed by atoms with Gasteiger partial charge in [-0.25, -0.2) is 0 Å². The molecule has 0 fully saturated rings. The molecule has 72 valence electrons. The number of hydrogen-bond donors (Lipinski definition) is 2. The van der Waals surface area contributed by atoms with E-state index in [1.165, 1.54) is 0 Å². The second-order valence-electron chi connectivity index (χ2n) is 3.26. The van der Waals surface area contributed by atoms with E-state index < -0.39 is 0 Å². The van der Waals surface area contributed by atoms with Crippen molar-refractivity contribution in [3.05, 3.63) is 11.8 Å². The van der Waals surface area contributed by atoms with Crippen LogP contribution in [0, 0.1) is 0 Å². The molecule has 2 N–H and O–H groups in total. The highest BCUT2D eigenvalue weighted by Crippen LogP contribution is 2.14. The minimum Gasteiger partial charge on any atom is -0.311 e. The summed E-state index contributed by atoms with van der Waals surface area (Å²) in [6.45, 7) is 5.93. The molecule has 0 saturated carbocycles. The molecule has 1 aromatic rings. The summed E-state index contributed by atoms with van der Waals surface area (Å²) in [7, 11) is 0. The predicted octanol–water partition coefficient (Wildman–Crippen LogP) is 1.88. The van der Waals surface area contributed by atoms with Gasteiger partial charge >= 0.3 is 0 Å². The van der Waals surface area contributed by atoms with Gasteiger partial charge in [-0.2, -0.15) is 5.10 Å². The molecule has 1 rings (SSSR count). The summed E-state index contributed by atoms with van der Waals surface area (Å²) in [6.07, 6.45) is 0.482. The molecule has 0 saturated heterocycles. The van der Waals surface area contributed by atoms with Crippen LogP contribution in [0.5, 0.6) is 0 Å². The van der Waals surface area contributed by atoms with Gasteiger partial charge in [0.15, 0.2) is 0 Å². The van der Waals surface area contributed by atoms with Crippen LogP contribution in [-0.2, 0) is 4.79 Å². The van der Waals surface area contributed by atoms with Crippen molar-refractivity contribution in [2.24, 2.45) is 0 Å². The monoisotopic (exact) mass is 181 g/mol. The quantitative estimate of drug-likeness (QED) is 0.748. The Morgan fingerprint density at radius 2 is 2.38 bits per heavy atom. The smallest absolute Gasteiger partial charge is 0.225 e. The van der Waals surface area contributed by atoms with E-state index in [-0.39, 0.29) is 5.91 Å². The normalized spacial score (nSPS) is 10.5. The molecule has 13 heavy (non-hydrogen) atoms. The molecule has 1 aromatic heterocycles. The molecule has 1 amide bonds. The minimum atomic E-state index is -0.000967. The lowest BCUT2D eigenvalue weighted by Crippen LogP contribution is -2.09. The number of carbonyl (C=O) groups excluding carboxylic acids is 1. The van der Waals surface area contributed by atoms with Crippen LogP contribution in [-0.4, -0.2) is 16.1 Å². The van der Waals surface area contributed by atoms with Crippen LogP contribution < -0.4 is 5.32 Å².